The molecule has 0 aromatic carbocycles. The van der Waals surface area contributed by atoms with Crippen LogP contribution in [0.2, 0.25) is 0 Å². The molecule has 5 heteroatoms. The maximum absolute atomic E-state index is 11.7. The van der Waals surface area contributed by atoms with Gasteiger partial charge in [0.05, 0.1) is 12.6 Å². The van der Waals surface area contributed by atoms with Gasteiger partial charge in [0.1, 0.15) is 5.82 Å². The number of aromatic nitrogens is 2. The highest BCUT2D eigenvalue weighted by Crippen LogP contribution is 1.91. The van der Waals surface area contributed by atoms with E-state index in [0.717, 1.165) is 0 Å². The molecule has 1 atom stereocenters. The van der Waals surface area contributed by atoms with Crippen molar-refractivity contribution in [2.45, 2.75) is 33.4 Å². The molecule has 0 saturated heterocycles. The van der Waals surface area contributed by atoms with Crippen molar-refractivity contribution in [1.29, 1.82) is 0 Å². The van der Waals surface area contributed by atoms with Crippen LogP contribution in [0.4, 0.5) is 0 Å². The van der Waals surface area contributed by atoms with Gasteiger partial charge in [0.15, 0.2) is 0 Å². The second-order valence-electron chi connectivity index (χ2n) is 4.41. The third-order valence-corrected chi connectivity index (χ3v) is 2.26. The average molecular weight is 236 g/mol. The van der Waals surface area contributed by atoms with Crippen molar-refractivity contribution >= 4 is 5.91 Å². The minimum Gasteiger partial charge on any atom is -0.354 e. The Labute approximate surface area is 102 Å². The monoisotopic (exact) mass is 236 g/mol. The fraction of sp³-hybridized carbons (Fsp3) is 0.583. The van der Waals surface area contributed by atoms with E-state index >= 15 is 0 Å². The van der Waals surface area contributed by atoms with Crippen molar-refractivity contribution in [3.63, 3.8) is 0 Å². The minimum atomic E-state index is -0.238. The third kappa shape index (κ3) is 5.40. The van der Waals surface area contributed by atoms with Gasteiger partial charge in [-0.3, -0.25) is 10.1 Å². The fourth-order valence-corrected chi connectivity index (χ4v) is 1.22. The summed E-state index contributed by atoms with van der Waals surface area (Å²) >= 11 is 0. The van der Waals surface area contributed by atoms with Crippen LogP contribution in [0, 0.1) is 5.92 Å². The summed E-state index contributed by atoms with van der Waals surface area (Å²) in [6.45, 7) is 7.16. The molecule has 1 aromatic rings. The predicted molar refractivity (Wildman–Crippen MR) is 66.2 cm³/mol. The van der Waals surface area contributed by atoms with E-state index < -0.39 is 0 Å². The van der Waals surface area contributed by atoms with Gasteiger partial charge in [-0.2, -0.15) is 0 Å². The Morgan fingerprint density at radius 3 is 2.53 bits per heavy atom. The lowest BCUT2D eigenvalue weighted by atomic mass is 10.2. The molecule has 0 aliphatic heterocycles. The molecule has 0 aliphatic carbocycles. The first-order valence-corrected chi connectivity index (χ1v) is 5.86. The summed E-state index contributed by atoms with van der Waals surface area (Å²) in [4.78, 5) is 19.8. The Hall–Kier alpha value is -1.49. The SMILES string of the molecule is CC(C)CNC(=O)C(C)NCc1ncccn1. The highest BCUT2D eigenvalue weighted by atomic mass is 16.2. The lowest BCUT2D eigenvalue weighted by Gasteiger charge is -2.14. The maximum Gasteiger partial charge on any atom is 0.236 e. The first kappa shape index (κ1) is 13.6. The summed E-state index contributed by atoms with van der Waals surface area (Å²) in [7, 11) is 0. The number of nitrogens with zero attached hydrogens (tertiary/aromatic N) is 2. The number of nitrogens with one attached hydrogen (secondary N) is 2. The van der Waals surface area contributed by atoms with Crippen LogP contribution < -0.4 is 10.6 Å². The fourth-order valence-electron chi connectivity index (χ4n) is 1.22. The molecule has 0 saturated carbocycles. The third-order valence-electron chi connectivity index (χ3n) is 2.26. The van der Waals surface area contributed by atoms with Gasteiger partial charge in [0.2, 0.25) is 5.91 Å². The lowest BCUT2D eigenvalue weighted by Crippen LogP contribution is -2.43. The molecule has 0 spiro atoms. The number of carbonyl (C=O) groups is 1. The Bertz CT molecular complexity index is 340. The second-order valence-corrected chi connectivity index (χ2v) is 4.41. The Balaban J connectivity index is 2.29. The number of rotatable bonds is 6. The van der Waals surface area contributed by atoms with Gasteiger partial charge in [-0.15, -0.1) is 0 Å². The first-order valence-electron chi connectivity index (χ1n) is 5.86. The second kappa shape index (κ2) is 6.96. The molecule has 1 aromatic heterocycles. The van der Waals surface area contributed by atoms with Crippen molar-refractivity contribution in [3.8, 4) is 0 Å². The van der Waals surface area contributed by atoms with E-state index in [4.69, 9.17) is 0 Å². The molecule has 1 unspecified atom stereocenters. The molecule has 2 N–H and O–H groups in total. The largest absolute Gasteiger partial charge is 0.354 e. The van der Waals surface area contributed by atoms with E-state index in [1.54, 1.807) is 18.5 Å². The van der Waals surface area contributed by atoms with Crippen LogP contribution in [0.5, 0.6) is 0 Å². The van der Waals surface area contributed by atoms with Crippen LogP contribution in [0.1, 0.15) is 26.6 Å². The Morgan fingerprint density at radius 1 is 1.29 bits per heavy atom. The number of carbonyl (C=O) groups excluding carboxylic acids is 1. The number of amides is 1. The van der Waals surface area contributed by atoms with Gasteiger partial charge in [0.25, 0.3) is 0 Å². The highest BCUT2D eigenvalue weighted by molar-refractivity contribution is 5.81. The van der Waals surface area contributed by atoms with E-state index in [0.29, 0.717) is 24.8 Å². The van der Waals surface area contributed by atoms with Crippen LogP contribution in [-0.4, -0.2) is 28.5 Å². The van der Waals surface area contributed by atoms with Gasteiger partial charge >= 0.3 is 0 Å². The average Bonchev–Trinajstić information content (AvgIpc) is 2.34. The summed E-state index contributed by atoms with van der Waals surface area (Å²) < 4.78 is 0. The minimum absolute atomic E-state index is 0.00892. The predicted octanol–water partition coefficient (Wildman–Crippen LogP) is 0.727. The van der Waals surface area contributed by atoms with Crippen molar-refractivity contribution in [1.82, 2.24) is 20.6 Å². The summed E-state index contributed by atoms with van der Waals surface area (Å²) in [5, 5.41) is 5.96. The standard InChI is InChI=1S/C12H20N4O/c1-9(2)7-16-12(17)10(3)15-8-11-13-5-4-6-14-11/h4-6,9-10,15H,7-8H2,1-3H3,(H,16,17). The van der Waals surface area contributed by atoms with Crippen LogP contribution in [0.3, 0.4) is 0 Å². The molecule has 0 fully saturated rings. The number of hydrogen-bond donors (Lipinski definition) is 2. The van der Waals surface area contributed by atoms with E-state index in [2.05, 4.69) is 34.4 Å². The molecular weight excluding hydrogens is 216 g/mol. The zero-order valence-electron chi connectivity index (χ0n) is 10.6. The summed E-state index contributed by atoms with van der Waals surface area (Å²) in [5.41, 5.74) is 0. The normalized spacial score (nSPS) is 12.5. The van der Waals surface area contributed by atoms with Crippen LogP contribution >= 0.6 is 0 Å². The molecular formula is C12H20N4O. The smallest absolute Gasteiger partial charge is 0.236 e. The van der Waals surface area contributed by atoms with Crippen LogP contribution in [0.25, 0.3) is 0 Å². The molecule has 5 nitrogen and oxygen atoms in total. The molecule has 94 valence electrons. The maximum atomic E-state index is 11.7. The zero-order chi connectivity index (χ0) is 12.7. The molecule has 1 heterocycles. The topological polar surface area (TPSA) is 66.9 Å². The molecule has 0 radical (unpaired) electrons. The van der Waals surface area contributed by atoms with Crippen molar-refractivity contribution in [2.75, 3.05) is 6.54 Å². The molecule has 1 amide bonds. The van der Waals surface area contributed by atoms with Gasteiger partial charge < -0.3 is 5.32 Å². The van der Waals surface area contributed by atoms with Gasteiger partial charge in [0, 0.05) is 18.9 Å². The van der Waals surface area contributed by atoms with E-state index in [9.17, 15) is 4.79 Å². The van der Waals surface area contributed by atoms with Crippen molar-refractivity contribution < 1.29 is 4.79 Å². The van der Waals surface area contributed by atoms with Gasteiger partial charge in [-0.25, -0.2) is 9.97 Å². The number of hydrogen-bond acceptors (Lipinski definition) is 4. The van der Waals surface area contributed by atoms with Gasteiger partial charge in [-0.1, -0.05) is 13.8 Å². The zero-order valence-corrected chi connectivity index (χ0v) is 10.6. The van der Waals surface area contributed by atoms with E-state index in [1.807, 2.05) is 6.92 Å². The van der Waals surface area contributed by atoms with E-state index in [1.165, 1.54) is 0 Å². The lowest BCUT2D eigenvalue weighted by molar-refractivity contribution is -0.122. The van der Waals surface area contributed by atoms with Gasteiger partial charge in [-0.05, 0) is 18.9 Å². The Morgan fingerprint density at radius 2 is 1.94 bits per heavy atom. The Kier molecular flexibility index (Phi) is 5.56. The summed E-state index contributed by atoms with van der Waals surface area (Å²) in [6.07, 6.45) is 3.38. The van der Waals surface area contributed by atoms with Crippen LogP contribution in [0.15, 0.2) is 18.5 Å². The molecule has 0 bridgehead atoms. The first-order chi connectivity index (χ1) is 8.09. The molecule has 17 heavy (non-hydrogen) atoms. The van der Waals surface area contributed by atoms with Crippen molar-refractivity contribution in [3.05, 3.63) is 24.3 Å². The quantitative estimate of drug-likeness (QED) is 0.764. The van der Waals surface area contributed by atoms with Crippen LogP contribution in [-0.2, 0) is 11.3 Å². The summed E-state index contributed by atoms with van der Waals surface area (Å²) in [5.74, 6) is 1.16. The molecule has 0 aliphatic rings. The molecule has 1 rings (SSSR count). The summed E-state index contributed by atoms with van der Waals surface area (Å²) in [6, 6.07) is 1.53. The van der Waals surface area contributed by atoms with Crippen molar-refractivity contribution in [2.24, 2.45) is 5.92 Å². The van der Waals surface area contributed by atoms with E-state index in [-0.39, 0.29) is 11.9 Å². The highest BCUT2D eigenvalue weighted by Gasteiger charge is 2.12.